The summed E-state index contributed by atoms with van der Waals surface area (Å²) in [5, 5.41) is 17.6. The van der Waals surface area contributed by atoms with Gasteiger partial charge in [-0.2, -0.15) is 4.31 Å². The minimum Gasteiger partial charge on any atom is -0.488 e. The van der Waals surface area contributed by atoms with E-state index >= 15 is 0 Å². The average molecular weight is 631 g/mol. The summed E-state index contributed by atoms with van der Waals surface area (Å²) in [6, 6.07) is 25.7. The van der Waals surface area contributed by atoms with Gasteiger partial charge in [0.15, 0.2) is 0 Å². The number of benzene rings is 4. The number of nitrogens with zero attached hydrogens (tertiary/aromatic N) is 2. The SMILES string of the molecule is C[C@@H]1CN([C@@H](C)CO)C(=O)Cc2cc(NC(=O)Nc3cccc4ccccc34)ccc2O[C@@H]1CN(C)S(=O)(=O)c1ccccc1. The molecule has 0 aliphatic carbocycles. The first kappa shape index (κ1) is 32.0. The van der Waals surface area contributed by atoms with Gasteiger partial charge in [-0.15, -0.1) is 0 Å². The molecule has 45 heavy (non-hydrogen) atoms. The topological polar surface area (TPSA) is 128 Å². The smallest absolute Gasteiger partial charge is 0.323 e. The molecular formula is C34H38N4O6S. The Labute approximate surface area is 263 Å². The van der Waals surface area contributed by atoms with Gasteiger partial charge in [0.25, 0.3) is 0 Å². The van der Waals surface area contributed by atoms with Crippen molar-refractivity contribution in [3.05, 3.63) is 96.6 Å². The number of carbonyl (C=O) groups is 2. The zero-order chi connectivity index (χ0) is 32.1. The average Bonchev–Trinajstić information content (AvgIpc) is 3.08. The molecule has 5 rings (SSSR count). The highest BCUT2D eigenvalue weighted by molar-refractivity contribution is 7.89. The van der Waals surface area contributed by atoms with Gasteiger partial charge in [-0.3, -0.25) is 4.79 Å². The Kier molecular flexibility index (Phi) is 9.71. The lowest BCUT2D eigenvalue weighted by Gasteiger charge is -2.33. The van der Waals surface area contributed by atoms with Crippen molar-refractivity contribution < 1.29 is 27.9 Å². The van der Waals surface area contributed by atoms with Gasteiger partial charge in [-0.25, -0.2) is 13.2 Å². The molecule has 10 nitrogen and oxygen atoms in total. The number of nitrogens with one attached hydrogen (secondary N) is 2. The van der Waals surface area contributed by atoms with E-state index in [9.17, 15) is 23.1 Å². The number of aliphatic hydroxyl groups excluding tert-OH is 1. The number of ether oxygens (including phenoxy) is 1. The molecule has 11 heteroatoms. The molecule has 1 heterocycles. The molecule has 0 radical (unpaired) electrons. The summed E-state index contributed by atoms with van der Waals surface area (Å²) in [5.41, 5.74) is 1.65. The van der Waals surface area contributed by atoms with Crippen LogP contribution in [0.3, 0.4) is 0 Å². The number of sulfonamides is 1. The number of carbonyl (C=O) groups excluding carboxylic acids is 2. The lowest BCUT2D eigenvalue weighted by Crippen LogP contribution is -2.48. The number of fused-ring (bicyclic) bond motifs is 2. The molecular weight excluding hydrogens is 592 g/mol. The third-order valence-electron chi connectivity index (χ3n) is 8.10. The molecule has 3 amide bonds. The fourth-order valence-corrected chi connectivity index (χ4v) is 6.67. The van der Waals surface area contributed by atoms with E-state index in [0.29, 0.717) is 22.7 Å². The molecule has 3 N–H and O–H groups in total. The maximum atomic E-state index is 13.6. The Bertz CT molecular complexity index is 1780. The number of urea groups is 1. The molecule has 4 aromatic carbocycles. The van der Waals surface area contributed by atoms with Gasteiger partial charge in [0.1, 0.15) is 11.9 Å². The van der Waals surface area contributed by atoms with Crippen LogP contribution in [-0.4, -0.2) is 73.6 Å². The largest absolute Gasteiger partial charge is 0.488 e. The Hall–Kier alpha value is -4.45. The molecule has 0 saturated carbocycles. The highest BCUT2D eigenvalue weighted by Gasteiger charge is 2.33. The van der Waals surface area contributed by atoms with Crippen LogP contribution in [0.2, 0.25) is 0 Å². The Morgan fingerprint density at radius 1 is 1.02 bits per heavy atom. The van der Waals surface area contributed by atoms with E-state index in [1.165, 1.54) is 11.4 Å². The Balaban J connectivity index is 1.41. The monoisotopic (exact) mass is 630 g/mol. The molecule has 0 fully saturated rings. The predicted molar refractivity (Wildman–Crippen MR) is 175 cm³/mol. The molecule has 1 aliphatic heterocycles. The number of hydrogen-bond acceptors (Lipinski definition) is 6. The van der Waals surface area contributed by atoms with E-state index in [1.807, 2.05) is 49.4 Å². The van der Waals surface area contributed by atoms with Crippen molar-refractivity contribution in [1.82, 2.24) is 9.21 Å². The predicted octanol–water partition coefficient (Wildman–Crippen LogP) is 4.95. The summed E-state index contributed by atoms with van der Waals surface area (Å²) in [7, 11) is -2.29. The van der Waals surface area contributed by atoms with E-state index in [-0.39, 0.29) is 42.8 Å². The van der Waals surface area contributed by atoms with Crippen LogP contribution in [-0.2, 0) is 21.2 Å². The summed E-state index contributed by atoms with van der Waals surface area (Å²) < 4.78 is 34.4. The normalized spacial score (nSPS) is 17.9. The van der Waals surface area contributed by atoms with Crippen molar-refractivity contribution in [2.45, 2.75) is 37.3 Å². The highest BCUT2D eigenvalue weighted by atomic mass is 32.2. The van der Waals surface area contributed by atoms with E-state index in [0.717, 1.165) is 10.8 Å². The number of aliphatic hydroxyl groups is 1. The van der Waals surface area contributed by atoms with Crippen molar-refractivity contribution in [2.75, 3.05) is 37.4 Å². The molecule has 0 bridgehead atoms. The quantitative estimate of drug-likeness (QED) is 0.253. The van der Waals surface area contributed by atoms with E-state index in [1.54, 1.807) is 60.4 Å². The third kappa shape index (κ3) is 7.28. The van der Waals surface area contributed by atoms with Gasteiger partial charge < -0.3 is 25.4 Å². The summed E-state index contributed by atoms with van der Waals surface area (Å²) in [4.78, 5) is 28.4. The number of anilines is 2. The van der Waals surface area contributed by atoms with Crippen LogP contribution in [0.15, 0.2) is 95.9 Å². The van der Waals surface area contributed by atoms with Gasteiger partial charge in [-0.1, -0.05) is 61.5 Å². The lowest BCUT2D eigenvalue weighted by molar-refractivity contribution is -0.134. The standard InChI is InChI=1S/C34H38N4O6S/c1-23-20-38(24(2)22-39)33(40)19-26-18-27(35-34(41)36-30-15-9-11-25-10-7-8-14-29(25)30)16-17-31(26)44-32(23)21-37(3)45(42,43)28-12-5-4-6-13-28/h4-18,23-24,32,39H,19-22H2,1-3H3,(H2,35,36,41)/t23-,24+,32-/m1/s1. The minimum atomic E-state index is -3.80. The maximum absolute atomic E-state index is 13.6. The second-order valence-electron chi connectivity index (χ2n) is 11.4. The summed E-state index contributed by atoms with van der Waals surface area (Å²) >= 11 is 0. The van der Waals surface area contributed by atoms with Gasteiger partial charge in [0.05, 0.1) is 36.2 Å². The van der Waals surface area contributed by atoms with E-state index < -0.39 is 28.2 Å². The maximum Gasteiger partial charge on any atom is 0.323 e. The van der Waals surface area contributed by atoms with Gasteiger partial charge in [0, 0.05) is 36.1 Å². The lowest BCUT2D eigenvalue weighted by atomic mass is 10.0. The third-order valence-corrected chi connectivity index (χ3v) is 9.94. The van der Waals surface area contributed by atoms with Gasteiger partial charge in [-0.05, 0) is 48.7 Å². The van der Waals surface area contributed by atoms with Crippen molar-refractivity contribution in [3.63, 3.8) is 0 Å². The number of hydrogen-bond donors (Lipinski definition) is 3. The Morgan fingerprint density at radius 3 is 2.49 bits per heavy atom. The van der Waals surface area contributed by atoms with Crippen molar-refractivity contribution in [2.24, 2.45) is 5.92 Å². The zero-order valence-corrected chi connectivity index (χ0v) is 26.3. The van der Waals surface area contributed by atoms with Crippen LogP contribution in [0.1, 0.15) is 19.4 Å². The number of likely N-dealkylation sites (N-methyl/N-ethyl adjacent to an activating group) is 1. The Morgan fingerprint density at radius 2 is 1.73 bits per heavy atom. The first-order chi connectivity index (χ1) is 21.6. The van der Waals surface area contributed by atoms with Crippen LogP contribution < -0.4 is 15.4 Å². The van der Waals surface area contributed by atoms with Gasteiger partial charge >= 0.3 is 6.03 Å². The van der Waals surface area contributed by atoms with Crippen molar-refractivity contribution in [1.29, 1.82) is 0 Å². The second-order valence-corrected chi connectivity index (χ2v) is 13.5. The summed E-state index contributed by atoms with van der Waals surface area (Å²) in [6.07, 6.45) is -0.655. The van der Waals surface area contributed by atoms with Crippen molar-refractivity contribution in [3.8, 4) is 5.75 Å². The van der Waals surface area contributed by atoms with E-state index in [2.05, 4.69) is 10.6 Å². The summed E-state index contributed by atoms with van der Waals surface area (Å²) in [6.45, 7) is 3.73. The molecule has 0 saturated heterocycles. The second kappa shape index (κ2) is 13.7. The molecule has 0 spiro atoms. The van der Waals surface area contributed by atoms with Crippen LogP contribution in [0.25, 0.3) is 10.8 Å². The molecule has 236 valence electrons. The number of rotatable bonds is 8. The molecule has 0 aromatic heterocycles. The highest BCUT2D eigenvalue weighted by Crippen LogP contribution is 2.30. The number of amides is 3. The van der Waals surface area contributed by atoms with Crippen LogP contribution in [0.4, 0.5) is 16.2 Å². The molecule has 3 atom stereocenters. The van der Waals surface area contributed by atoms with E-state index in [4.69, 9.17) is 4.74 Å². The molecule has 0 unspecified atom stereocenters. The fourth-order valence-electron chi connectivity index (χ4n) is 5.47. The molecule has 4 aromatic rings. The first-order valence-electron chi connectivity index (χ1n) is 14.8. The van der Waals surface area contributed by atoms with Crippen LogP contribution in [0.5, 0.6) is 5.75 Å². The zero-order valence-electron chi connectivity index (χ0n) is 25.5. The minimum absolute atomic E-state index is 0.0286. The van der Waals surface area contributed by atoms with Crippen LogP contribution in [0, 0.1) is 5.92 Å². The van der Waals surface area contributed by atoms with Crippen LogP contribution >= 0.6 is 0 Å². The molecule has 1 aliphatic rings. The fraction of sp³-hybridized carbons (Fsp3) is 0.294. The first-order valence-corrected chi connectivity index (χ1v) is 16.3. The van der Waals surface area contributed by atoms with Gasteiger partial charge in [0.2, 0.25) is 15.9 Å². The van der Waals surface area contributed by atoms with Crippen molar-refractivity contribution >= 4 is 44.1 Å². The summed E-state index contributed by atoms with van der Waals surface area (Å²) in [5.74, 6) is -0.0765.